The Morgan fingerprint density at radius 3 is 2.32 bits per heavy atom. The van der Waals surface area contributed by atoms with E-state index in [0.29, 0.717) is 19.0 Å². The van der Waals surface area contributed by atoms with E-state index in [9.17, 15) is 9.59 Å². The molecule has 0 radical (unpaired) electrons. The lowest BCUT2D eigenvalue weighted by Crippen LogP contribution is -2.48. The van der Waals surface area contributed by atoms with Crippen LogP contribution in [0.15, 0.2) is 36.4 Å². The van der Waals surface area contributed by atoms with Crippen LogP contribution in [0.4, 0.5) is 5.82 Å². The minimum Gasteiger partial charge on any atom is -0.355 e. The lowest BCUT2D eigenvalue weighted by Gasteiger charge is -2.35. The van der Waals surface area contributed by atoms with E-state index in [1.165, 1.54) is 18.5 Å². The number of aromatic nitrogens is 2. The molecule has 7 heteroatoms. The molecule has 2 saturated heterocycles. The Bertz CT molecular complexity index is 907. The van der Waals surface area contributed by atoms with E-state index in [2.05, 4.69) is 26.5 Å². The maximum atomic E-state index is 12.8. The first kappa shape index (κ1) is 20.1. The van der Waals surface area contributed by atoms with Gasteiger partial charge in [0, 0.05) is 61.4 Å². The summed E-state index contributed by atoms with van der Waals surface area (Å²) < 4.78 is 0. The third-order valence-electron chi connectivity index (χ3n) is 6.94. The number of hydrogen-bond donors (Lipinski definition) is 2. The van der Waals surface area contributed by atoms with Crippen molar-refractivity contribution in [3.63, 3.8) is 0 Å². The molecule has 0 unspecified atom stereocenters. The molecule has 2 aromatic rings. The molecule has 1 aromatic carbocycles. The Morgan fingerprint density at radius 1 is 0.935 bits per heavy atom. The number of carbonyl (C=O) groups is 2. The van der Waals surface area contributed by atoms with Gasteiger partial charge >= 0.3 is 0 Å². The maximum absolute atomic E-state index is 12.8. The number of nitrogens with one attached hydrogen (secondary N) is 2. The van der Waals surface area contributed by atoms with Gasteiger partial charge in [-0.25, -0.2) is 0 Å². The van der Waals surface area contributed by atoms with Gasteiger partial charge in [-0.3, -0.25) is 14.7 Å². The SMILES string of the molecule is O=C(NC1CCN(c2cc(C3CC3)[nH]n2)CC1)C1CCN(C(=O)c2ccccc2)CC1. The fourth-order valence-corrected chi connectivity index (χ4v) is 4.77. The van der Waals surface area contributed by atoms with Crippen LogP contribution < -0.4 is 10.2 Å². The molecule has 0 atom stereocenters. The monoisotopic (exact) mass is 421 g/mol. The van der Waals surface area contributed by atoms with Gasteiger partial charge in [0.25, 0.3) is 5.91 Å². The fourth-order valence-electron chi connectivity index (χ4n) is 4.77. The highest BCUT2D eigenvalue weighted by molar-refractivity contribution is 5.94. The summed E-state index contributed by atoms with van der Waals surface area (Å²) in [5.74, 6) is 1.95. The minimum atomic E-state index is 0.00490. The van der Waals surface area contributed by atoms with Gasteiger partial charge in [0.1, 0.15) is 0 Å². The summed E-state index contributed by atoms with van der Waals surface area (Å²) in [7, 11) is 0. The first-order chi connectivity index (χ1) is 15.2. The Kier molecular flexibility index (Phi) is 5.66. The summed E-state index contributed by atoms with van der Waals surface area (Å²) in [5.41, 5.74) is 1.99. The molecule has 3 aliphatic rings. The van der Waals surface area contributed by atoms with Gasteiger partial charge in [-0.2, -0.15) is 5.10 Å². The van der Waals surface area contributed by atoms with Crippen molar-refractivity contribution in [2.45, 2.75) is 50.5 Å². The van der Waals surface area contributed by atoms with E-state index in [0.717, 1.165) is 50.2 Å². The van der Waals surface area contributed by atoms with E-state index in [-0.39, 0.29) is 23.8 Å². The second kappa shape index (κ2) is 8.73. The standard InChI is InChI=1S/C24H31N5O2/c30-23(18-8-12-29(13-9-18)24(31)19-4-2-1-3-5-19)25-20-10-14-28(15-11-20)22-16-21(26-27-22)17-6-7-17/h1-5,16-18,20H,6-15H2,(H,25,30)(H,26,27). The van der Waals surface area contributed by atoms with Crippen LogP contribution in [0.3, 0.4) is 0 Å². The van der Waals surface area contributed by atoms with Crippen LogP contribution >= 0.6 is 0 Å². The molecule has 31 heavy (non-hydrogen) atoms. The number of aromatic amines is 1. The van der Waals surface area contributed by atoms with E-state index in [4.69, 9.17) is 0 Å². The third-order valence-corrected chi connectivity index (χ3v) is 6.94. The molecule has 7 nitrogen and oxygen atoms in total. The van der Waals surface area contributed by atoms with Crippen molar-refractivity contribution >= 4 is 17.6 Å². The fraction of sp³-hybridized carbons (Fsp3) is 0.542. The summed E-state index contributed by atoms with van der Waals surface area (Å²) in [5, 5.41) is 10.9. The van der Waals surface area contributed by atoms with Gasteiger partial charge in [-0.15, -0.1) is 0 Å². The van der Waals surface area contributed by atoms with E-state index < -0.39 is 0 Å². The molecule has 1 aliphatic carbocycles. The Labute approximate surface area is 183 Å². The summed E-state index contributed by atoms with van der Waals surface area (Å²) in [4.78, 5) is 29.6. The zero-order chi connectivity index (χ0) is 21.2. The number of piperidine rings is 2. The van der Waals surface area contributed by atoms with Crippen LogP contribution in [-0.4, -0.2) is 59.1 Å². The highest BCUT2D eigenvalue weighted by atomic mass is 16.2. The lowest BCUT2D eigenvalue weighted by molar-refractivity contribution is -0.127. The van der Waals surface area contributed by atoms with E-state index >= 15 is 0 Å². The molecule has 3 heterocycles. The zero-order valence-electron chi connectivity index (χ0n) is 17.9. The quantitative estimate of drug-likeness (QED) is 0.778. The number of benzene rings is 1. The average Bonchev–Trinajstić information content (AvgIpc) is 3.56. The molecule has 164 valence electrons. The summed E-state index contributed by atoms with van der Waals surface area (Å²) in [6, 6.07) is 11.8. The first-order valence-electron chi connectivity index (χ1n) is 11.6. The summed E-state index contributed by atoms with van der Waals surface area (Å²) in [6.07, 6.45) is 5.91. The van der Waals surface area contributed by atoms with Crippen LogP contribution in [-0.2, 0) is 4.79 Å². The number of amides is 2. The third kappa shape index (κ3) is 4.60. The predicted octanol–water partition coefficient (Wildman–Crippen LogP) is 2.92. The highest BCUT2D eigenvalue weighted by Crippen LogP contribution is 2.40. The van der Waals surface area contributed by atoms with Crippen LogP contribution in [0.25, 0.3) is 0 Å². The topological polar surface area (TPSA) is 81.3 Å². The van der Waals surface area contributed by atoms with E-state index in [1.807, 2.05) is 35.2 Å². The predicted molar refractivity (Wildman–Crippen MR) is 119 cm³/mol. The zero-order valence-corrected chi connectivity index (χ0v) is 17.9. The van der Waals surface area contributed by atoms with Crippen molar-refractivity contribution in [3.8, 4) is 0 Å². The smallest absolute Gasteiger partial charge is 0.253 e. The van der Waals surface area contributed by atoms with Gasteiger partial charge in [-0.05, 0) is 50.7 Å². The number of anilines is 1. The number of H-pyrrole nitrogens is 1. The number of hydrogen-bond acceptors (Lipinski definition) is 4. The van der Waals surface area contributed by atoms with Gasteiger partial charge in [0.2, 0.25) is 5.91 Å². The van der Waals surface area contributed by atoms with Crippen molar-refractivity contribution in [2.75, 3.05) is 31.1 Å². The number of likely N-dealkylation sites (tertiary alicyclic amines) is 1. The lowest BCUT2D eigenvalue weighted by atomic mass is 9.94. The van der Waals surface area contributed by atoms with Crippen molar-refractivity contribution in [1.82, 2.24) is 20.4 Å². The van der Waals surface area contributed by atoms with E-state index in [1.54, 1.807) is 0 Å². The second-order valence-electron chi connectivity index (χ2n) is 9.16. The highest BCUT2D eigenvalue weighted by Gasteiger charge is 2.31. The van der Waals surface area contributed by atoms with Gasteiger partial charge in [-0.1, -0.05) is 18.2 Å². The van der Waals surface area contributed by atoms with Crippen molar-refractivity contribution in [2.24, 2.45) is 5.92 Å². The molecule has 0 bridgehead atoms. The largest absolute Gasteiger partial charge is 0.355 e. The maximum Gasteiger partial charge on any atom is 0.253 e. The molecule has 1 aromatic heterocycles. The second-order valence-corrected chi connectivity index (χ2v) is 9.16. The molecular weight excluding hydrogens is 390 g/mol. The molecule has 1 saturated carbocycles. The van der Waals surface area contributed by atoms with Crippen molar-refractivity contribution < 1.29 is 9.59 Å². The summed E-state index contributed by atoms with van der Waals surface area (Å²) >= 11 is 0. The van der Waals surface area contributed by atoms with Gasteiger partial charge < -0.3 is 15.1 Å². The molecule has 2 aliphatic heterocycles. The van der Waals surface area contributed by atoms with Crippen LogP contribution in [0, 0.1) is 5.92 Å². The molecule has 5 rings (SSSR count). The van der Waals surface area contributed by atoms with Crippen molar-refractivity contribution in [1.29, 1.82) is 0 Å². The summed E-state index contributed by atoms with van der Waals surface area (Å²) in [6.45, 7) is 3.13. The average molecular weight is 422 g/mol. The van der Waals surface area contributed by atoms with Crippen LogP contribution in [0.5, 0.6) is 0 Å². The Hall–Kier alpha value is -2.83. The van der Waals surface area contributed by atoms with Gasteiger partial charge in [0.15, 0.2) is 5.82 Å². The minimum absolute atomic E-state index is 0.00490. The Morgan fingerprint density at radius 2 is 1.65 bits per heavy atom. The number of carbonyl (C=O) groups excluding carboxylic acids is 2. The van der Waals surface area contributed by atoms with Gasteiger partial charge in [0.05, 0.1) is 0 Å². The molecule has 0 spiro atoms. The molecule has 2 amide bonds. The first-order valence-corrected chi connectivity index (χ1v) is 11.6. The van der Waals surface area contributed by atoms with Crippen LogP contribution in [0.1, 0.15) is 60.5 Å². The Balaban J connectivity index is 1.06. The van der Waals surface area contributed by atoms with Crippen molar-refractivity contribution in [3.05, 3.63) is 47.7 Å². The van der Waals surface area contributed by atoms with Crippen LogP contribution in [0.2, 0.25) is 0 Å². The molecule has 2 N–H and O–H groups in total. The number of rotatable bonds is 5. The molecule has 3 fully saturated rings. The normalized spacial score (nSPS) is 20.6. The number of nitrogens with zero attached hydrogens (tertiary/aromatic N) is 3. The molecular formula is C24H31N5O2.